The van der Waals surface area contributed by atoms with E-state index in [2.05, 4.69) is 27.6 Å². The van der Waals surface area contributed by atoms with E-state index in [4.69, 9.17) is 11.0 Å². The molecular weight excluding hydrogens is 362 g/mol. The molecule has 0 atom stereocenters. The molecule has 0 aliphatic rings. The molecule has 140 valence electrons. The van der Waals surface area contributed by atoms with Gasteiger partial charge in [0.25, 0.3) is 0 Å². The molecule has 0 bridgehead atoms. The highest BCUT2D eigenvalue weighted by molar-refractivity contribution is 5.88. The number of nitrogens with two attached hydrogens (primary N) is 1. The maximum atomic E-state index is 14.2. The molecule has 6 nitrogen and oxygen atoms in total. The molecule has 0 aliphatic carbocycles. The van der Waals surface area contributed by atoms with Gasteiger partial charge in [0.05, 0.1) is 24.5 Å². The number of halogens is 2. The summed E-state index contributed by atoms with van der Waals surface area (Å²) in [6.45, 7) is 4.46. The molecule has 2 heterocycles. The van der Waals surface area contributed by atoms with Crippen LogP contribution in [0.3, 0.4) is 0 Å². The Morgan fingerprint density at radius 2 is 2.14 bits per heavy atom. The lowest BCUT2D eigenvalue weighted by Crippen LogP contribution is -2.05. The van der Waals surface area contributed by atoms with Crippen molar-refractivity contribution in [2.45, 2.75) is 13.5 Å². The highest BCUT2D eigenvalue weighted by Crippen LogP contribution is 2.28. The van der Waals surface area contributed by atoms with E-state index in [0.717, 1.165) is 6.08 Å². The van der Waals surface area contributed by atoms with Crippen LogP contribution in [0.15, 0.2) is 66.6 Å². The number of allylic oxidation sites excluding steroid dienone is 5. The number of nitrogen functional groups attached to an aromatic ring is 1. The number of nitrogens with zero attached hydrogens (tertiary/aromatic N) is 5. The number of fused-ring (bicyclic) bond motifs is 1. The summed E-state index contributed by atoms with van der Waals surface area (Å²) < 4.78 is 29.6. The number of anilines is 1. The average molecular weight is 378 g/mol. The van der Waals surface area contributed by atoms with Crippen LogP contribution in [-0.2, 0) is 6.54 Å². The molecule has 0 saturated heterocycles. The second-order valence-electron chi connectivity index (χ2n) is 5.93. The first kappa shape index (κ1) is 18.9. The number of hydrogen-bond donors (Lipinski definition) is 1. The third-order valence-electron chi connectivity index (χ3n) is 4.04. The van der Waals surface area contributed by atoms with E-state index in [1.54, 1.807) is 24.3 Å². The molecule has 0 unspecified atom stereocenters. The molecule has 0 radical (unpaired) electrons. The first-order chi connectivity index (χ1) is 13.4. The smallest absolute Gasteiger partial charge is 0.222 e. The summed E-state index contributed by atoms with van der Waals surface area (Å²) in [7, 11) is 0. The molecule has 0 amide bonds. The molecule has 0 saturated carbocycles. The number of aromatic nitrogens is 4. The molecule has 3 aromatic rings. The lowest BCUT2D eigenvalue weighted by Gasteiger charge is -2.09. The topological polar surface area (TPSA) is 93.4 Å². The fraction of sp³-hybridized carbons (Fsp3) is 0.100. The summed E-state index contributed by atoms with van der Waals surface area (Å²) in [5.41, 5.74) is 7.96. The van der Waals surface area contributed by atoms with E-state index in [1.807, 2.05) is 0 Å². The van der Waals surface area contributed by atoms with Gasteiger partial charge in [-0.2, -0.15) is 10.2 Å². The van der Waals surface area contributed by atoms with Crippen LogP contribution in [0, 0.1) is 11.3 Å². The van der Waals surface area contributed by atoms with E-state index in [9.17, 15) is 8.78 Å². The zero-order valence-electron chi connectivity index (χ0n) is 15.0. The van der Waals surface area contributed by atoms with Crippen molar-refractivity contribution in [1.29, 1.82) is 5.26 Å². The van der Waals surface area contributed by atoms with Gasteiger partial charge >= 0.3 is 0 Å². The van der Waals surface area contributed by atoms with Gasteiger partial charge in [-0.25, -0.2) is 18.7 Å². The normalized spacial score (nSPS) is 12.6. The Bertz CT molecular complexity index is 1160. The molecule has 2 aromatic heterocycles. The molecule has 2 N–H and O–H groups in total. The summed E-state index contributed by atoms with van der Waals surface area (Å²) in [5.74, 6) is -1.42. The highest BCUT2D eigenvalue weighted by atomic mass is 19.1. The number of imidazole rings is 1. The van der Waals surface area contributed by atoms with E-state index < -0.39 is 11.7 Å². The van der Waals surface area contributed by atoms with Crippen molar-refractivity contribution >= 4 is 17.1 Å². The molecular formula is C20H16F2N6. The first-order valence-corrected chi connectivity index (χ1v) is 8.27. The lowest BCUT2D eigenvalue weighted by atomic mass is 10.1. The minimum Gasteiger partial charge on any atom is -0.368 e. The van der Waals surface area contributed by atoms with Crippen molar-refractivity contribution in [3.05, 3.63) is 72.1 Å². The van der Waals surface area contributed by atoms with Crippen LogP contribution in [0.2, 0.25) is 0 Å². The van der Waals surface area contributed by atoms with Crippen LogP contribution < -0.4 is 5.73 Å². The Morgan fingerprint density at radius 1 is 1.36 bits per heavy atom. The first-order valence-electron chi connectivity index (χ1n) is 8.27. The maximum Gasteiger partial charge on any atom is 0.222 e. The van der Waals surface area contributed by atoms with Gasteiger partial charge in [0.1, 0.15) is 22.9 Å². The van der Waals surface area contributed by atoms with Gasteiger partial charge in [-0.05, 0) is 25.1 Å². The summed E-state index contributed by atoms with van der Waals surface area (Å²) in [5, 5.41) is 9.11. The fourth-order valence-corrected chi connectivity index (χ4v) is 2.74. The van der Waals surface area contributed by atoms with Crippen LogP contribution in [-0.4, -0.2) is 19.5 Å². The van der Waals surface area contributed by atoms with Crippen molar-refractivity contribution in [1.82, 2.24) is 19.5 Å². The maximum absolute atomic E-state index is 14.2. The monoisotopic (exact) mass is 378 g/mol. The quantitative estimate of drug-likeness (QED) is 0.671. The van der Waals surface area contributed by atoms with Gasteiger partial charge in [-0.1, -0.05) is 24.8 Å². The van der Waals surface area contributed by atoms with Crippen LogP contribution >= 0.6 is 0 Å². The van der Waals surface area contributed by atoms with Gasteiger partial charge in [0.2, 0.25) is 5.95 Å². The largest absolute Gasteiger partial charge is 0.368 e. The Morgan fingerprint density at radius 3 is 2.82 bits per heavy atom. The van der Waals surface area contributed by atoms with Gasteiger partial charge in [0, 0.05) is 11.1 Å². The van der Waals surface area contributed by atoms with Gasteiger partial charge < -0.3 is 10.3 Å². The summed E-state index contributed by atoms with van der Waals surface area (Å²) in [6, 6.07) is 8.88. The zero-order chi connectivity index (χ0) is 20.3. The molecule has 8 heteroatoms. The van der Waals surface area contributed by atoms with Crippen molar-refractivity contribution in [2.24, 2.45) is 0 Å². The molecule has 3 rings (SSSR count). The molecule has 1 aromatic carbocycles. The highest BCUT2D eigenvalue weighted by Gasteiger charge is 2.17. The van der Waals surface area contributed by atoms with Crippen LogP contribution in [0.4, 0.5) is 14.7 Å². The van der Waals surface area contributed by atoms with Crippen molar-refractivity contribution in [3.63, 3.8) is 0 Å². The number of nitriles is 1. The van der Waals surface area contributed by atoms with Crippen molar-refractivity contribution in [3.8, 4) is 17.3 Å². The summed E-state index contributed by atoms with van der Waals surface area (Å²) >= 11 is 0. The van der Waals surface area contributed by atoms with Crippen molar-refractivity contribution < 1.29 is 8.78 Å². The predicted octanol–water partition coefficient (Wildman–Crippen LogP) is 4.23. The minimum atomic E-state index is -0.735. The Labute approximate surface area is 160 Å². The standard InChI is InChI=1S/C20H16F2N6/c1-3-5-16(22)15(12(2)21)10-28-11-25-18-17(26-20(24)27-19(18)28)14-7-4-6-13(8-14)9-23/h3-8,11H,1,10H2,2H3,(H2,24,26,27)/b15-12+,16-5+. The third-order valence-corrected chi connectivity index (χ3v) is 4.04. The number of benzene rings is 1. The molecule has 0 fully saturated rings. The fourth-order valence-electron chi connectivity index (χ4n) is 2.74. The minimum absolute atomic E-state index is 0.0174. The van der Waals surface area contributed by atoms with Crippen molar-refractivity contribution in [2.75, 3.05) is 5.73 Å². The van der Waals surface area contributed by atoms with Crippen LogP contribution in [0.25, 0.3) is 22.4 Å². The van der Waals surface area contributed by atoms with Gasteiger partial charge in [-0.3, -0.25) is 0 Å². The predicted molar refractivity (Wildman–Crippen MR) is 103 cm³/mol. The molecule has 0 spiro atoms. The number of hydrogen-bond acceptors (Lipinski definition) is 5. The Hall–Kier alpha value is -3.86. The van der Waals surface area contributed by atoms with Crippen LogP contribution in [0.5, 0.6) is 0 Å². The zero-order valence-corrected chi connectivity index (χ0v) is 15.0. The summed E-state index contributed by atoms with van der Waals surface area (Å²) in [6.07, 6.45) is 3.74. The van der Waals surface area contributed by atoms with E-state index >= 15 is 0 Å². The van der Waals surface area contributed by atoms with E-state index in [0.29, 0.717) is 28.0 Å². The third kappa shape index (κ3) is 3.64. The SMILES string of the molecule is C=C/C=C(F)\C(Cn1cnc2c(-c3cccc(C#N)c3)nc(N)nc21)=C(/C)F. The van der Waals surface area contributed by atoms with Gasteiger partial charge in [0.15, 0.2) is 5.65 Å². The summed E-state index contributed by atoms with van der Waals surface area (Å²) in [4.78, 5) is 12.7. The molecule has 0 aliphatic heterocycles. The second kappa shape index (κ2) is 7.80. The lowest BCUT2D eigenvalue weighted by molar-refractivity contribution is 0.570. The average Bonchev–Trinajstić information content (AvgIpc) is 3.07. The van der Waals surface area contributed by atoms with Gasteiger partial charge in [-0.15, -0.1) is 0 Å². The second-order valence-corrected chi connectivity index (χ2v) is 5.93. The van der Waals surface area contributed by atoms with E-state index in [1.165, 1.54) is 23.9 Å². The van der Waals surface area contributed by atoms with E-state index in [-0.39, 0.29) is 18.1 Å². The Kier molecular flexibility index (Phi) is 5.27. The Balaban J connectivity index is 2.14. The number of rotatable bonds is 5. The van der Waals surface area contributed by atoms with Crippen LogP contribution in [0.1, 0.15) is 12.5 Å². The molecule has 28 heavy (non-hydrogen) atoms.